The predicted molar refractivity (Wildman–Crippen MR) is 128 cm³/mol. The van der Waals surface area contributed by atoms with Crippen LogP contribution in [0.3, 0.4) is 0 Å². The van der Waals surface area contributed by atoms with Gasteiger partial charge in [-0.1, -0.05) is 60.7 Å². The molecular weight excluding hydrogens is 410 g/mol. The van der Waals surface area contributed by atoms with Gasteiger partial charge in [0.05, 0.1) is 6.04 Å². The minimum absolute atomic E-state index is 0.00634. The molecule has 3 heterocycles. The number of aromatic nitrogens is 1. The van der Waals surface area contributed by atoms with Crippen LogP contribution in [-0.2, 0) is 17.8 Å². The molecule has 1 aromatic heterocycles. The maximum absolute atomic E-state index is 13.5. The number of para-hydroxylation sites is 1. The molecule has 1 N–H and O–H groups in total. The van der Waals surface area contributed by atoms with E-state index < -0.39 is 0 Å². The molecular formula is C28H25N3O2. The van der Waals surface area contributed by atoms with E-state index in [2.05, 4.69) is 29.2 Å². The molecule has 4 aromatic rings. The average Bonchev–Trinajstić information content (AvgIpc) is 3.31. The Bertz CT molecular complexity index is 1400. The third-order valence-corrected chi connectivity index (χ3v) is 7.06. The van der Waals surface area contributed by atoms with Crippen LogP contribution in [0.5, 0.6) is 0 Å². The molecule has 0 radical (unpaired) electrons. The van der Waals surface area contributed by atoms with Gasteiger partial charge in [0.2, 0.25) is 5.91 Å². The first kappa shape index (κ1) is 19.8. The van der Waals surface area contributed by atoms with E-state index in [1.165, 1.54) is 11.1 Å². The number of carbonyl (C=O) groups excluding carboxylic acids is 2. The van der Waals surface area contributed by atoms with Crippen LogP contribution >= 0.6 is 0 Å². The maximum atomic E-state index is 13.5. The van der Waals surface area contributed by atoms with Gasteiger partial charge < -0.3 is 14.8 Å². The molecule has 0 unspecified atom stereocenters. The molecule has 0 aliphatic carbocycles. The Morgan fingerprint density at radius 1 is 0.970 bits per heavy atom. The van der Waals surface area contributed by atoms with Crippen molar-refractivity contribution >= 4 is 22.7 Å². The molecule has 33 heavy (non-hydrogen) atoms. The van der Waals surface area contributed by atoms with Gasteiger partial charge in [0.15, 0.2) is 0 Å². The number of amides is 2. The number of aromatic amines is 1. The summed E-state index contributed by atoms with van der Waals surface area (Å²) in [6.45, 7) is 3.39. The molecule has 0 bridgehead atoms. The monoisotopic (exact) mass is 435 g/mol. The molecule has 5 heteroatoms. The van der Waals surface area contributed by atoms with Gasteiger partial charge in [-0.3, -0.25) is 9.59 Å². The van der Waals surface area contributed by atoms with Crippen LogP contribution in [0, 0.1) is 6.92 Å². The van der Waals surface area contributed by atoms with Crippen molar-refractivity contribution in [2.24, 2.45) is 0 Å². The Morgan fingerprint density at radius 3 is 2.58 bits per heavy atom. The third kappa shape index (κ3) is 3.15. The number of carbonyl (C=O) groups is 2. The molecule has 2 aliphatic rings. The summed E-state index contributed by atoms with van der Waals surface area (Å²) in [4.78, 5) is 34.1. The van der Waals surface area contributed by atoms with E-state index in [-0.39, 0.29) is 24.4 Å². The number of H-pyrrole nitrogens is 1. The summed E-state index contributed by atoms with van der Waals surface area (Å²) < 4.78 is 0. The average molecular weight is 436 g/mol. The van der Waals surface area contributed by atoms with E-state index >= 15 is 0 Å². The van der Waals surface area contributed by atoms with Gasteiger partial charge in [0.1, 0.15) is 6.54 Å². The second-order valence-corrected chi connectivity index (χ2v) is 8.97. The molecule has 0 saturated carbocycles. The quantitative estimate of drug-likeness (QED) is 0.511. The van der Waals surface area contributed by atoms with Crippen molar-refractivity contribution in [3.8, 4) is 0 Å². The van der Waals surface area contributed by atoms with Crippen molar-refractivity contribution in [1.29, 1.82) is 0 Å². The summed E-state index contributed by atoms with van der Waals surface area (Å²) in [6, 6.07) is 23.9. The highest BCUT2D eigenvalue weighted by Gasteiger charge is 2.41. The summed E-state index contributed by atoms with van der Waals surface area (Å²) in [5, 5.41) is 1.09. The molecule has 0 spiro atoms. The first-order valence-electron chi connectivity index (χ1n) is 11.4. The molecule has 164 valence electrons. The van der Waals surface area contributed by atoms with Crippen molar-refractivity contribution < 1.29 is 9.59 Å². The van der Waals surface area contributed by atoms with Gasteiger partial charge in [0, 0.05) is 40.8 Å². The predicted octanol–water partition coefficient (Wildman–Crippen LogP) is 4.61. The van der Waals surface area contributed by atoms with E-state index in [1.54, 1.807) is 4.90 Å². The number of aryl methyl sites for hydroxylation is 1. The van der Waals surface area contributed by atoms with E-state index in [4.69, 9.17) is 0 Å². The Labute approximate surface area is 192 Å². The maximum Gasteiger partial charge on any atom is 0.255 e. The number of nitrogens with one attached hydrogen (secondary N) is 1. The fourth-order valence-corrected chi connectivity index (χ4v) is 5.45. The fraction of sp³-hybridized carbons (Fsp3) is 0.214. The molecule has 6 rings (SSSR count). The zero-order valence-electron chi connectivity index (χ0n) is 18.5. The molecule has 0 fully saturated rings. The number of nitrogens with zero attached hydrogens (tertiary/aromatic N) is 2. The largest absolute Gasteiger partial charge is 0.358 e. The first-order chi connectivity index (χ1) is 16.1. The summed E-state index contributed by atoms with van der Waals surface area (Å²) in [5.74, 6) is -0.0841. The van der Waals surface area contributed by atoms with Crippen LogP contribution in [0.25, 0.3) is 10.9 Å². The van der Waals surface area contributed by atoms with Crippen molar-refractivity contribution in [3.05, 3.63) is 106 Å². The summed E-state index contributed by atoms with van der Waals surface area (Å²) in [6.07, 6.45) is 0.848. The lowest BCUT2D eigenvalue weighted by atomic mass is 9.95. The van der Waals surface area contributed by atoms with Crippen molar-refractivity contribution in [2.45, 2.75) is 25.9 Å². The van der Waals surface area contributed by atoms with Crippen LogP contribution in [0.4, 0.5) is 0 Å². The standard InChI is InChI=1S/C28H25N3O2/c1-18-26(23-12-6-7-13-24(23)29-18)27-21-10-4-5-11-22(21)28(33)31(27)17-25(32)30-15-14-19-8-2-3-9-20(19)16-30/h2-13,27,29H,14-17H2,1H3/t27-/m1/s1. The van der Waals surface area contributed by atoms with Crippen LogP contribution in [0.2, 0.25) is 0 Å². The van der Waals surface area contributed by atoms with Gasteiger partial charge in [-0.05, 0) is 42.2 Å². The Balaban J connectivity index is 1.37. The lowest BCUT2D eigenvalue weighted by Crippen LogP contribution is -2.44. The second kappa shape index (κ2) is 7.62. The summed E-state index contributed by atoms with van der Waals surface area (Å²) in [5.41, 5.74) is 7.28. The zero-order valence-corrected chi connectivity index (χ0v) is 18.5. The number of rotatable bonds is 3. The lowest BCUT2D eigenvalue weighted by Gasteiger charge is -2.32. The van der Waals surface area contributed by atoms with Gasteiger partial charge in [-0.25, -0.2) is 0 Å². The van der Waals surface area contributed by atoms with Crippen LogP contribution in [0.1, 0.15) is 44.3 Å². The van der Waals surface area contributed by atoms with Gasteiger partial charge >= 0.3 is 0 Å². The lowest BCUT2D eigenvalue weighted by molar-refractivity contribution is -0.133. The topological polar surface area (TPSA) is 56.4 Å². The van der Waals surface area contributed by atoms with E-state index in [0.717, 1.165) is 34.1 Å². The van der Waals surface area contributed by atoms with Gasteiger partial charge in [-0.2, -0.15) is 0 Å². The smallest absolute Gasteiger partial charge is 0.255 e. The Hall–Kier alpha value is -3.86. The normalized spacial score (nSPS) is 17.4. The molecule has 2 aliphatic heterocycles. The van der Waals surface area contributed by atoms with E-state index in [0.29, 0.717) is 18.7 Å². The molecule has 0 saturated heterocycles. The van der Waals surface area contributed by atoms with Gasteiger partial charge in [-0.15, -0.1) is 0 Å². The van der Waals surface area contributed by atoms with Crippen molar-refractivity contribution in [2.75, 3.05) is 13.1 Å². The van der Waals surface area contributed by atoms with Crippen LogP contribution in [0.15, 0.2) is 72.8 Å². The van der Waals surface area contributed by atoms with Crippen LogP contribution < -0.4 is 0 Å². The fourth-order valence-electron chi connectivity index (χ4n) is 5.45. The zero-order chi connectivity index (χ0) is 22.5. The molecule has 5 nitrogen and oxygen atoms in total. The highest BCUT2D eigenvalue weighted by molar-refractivity contribution is 6.02. The second-order valence-electron chi connectivity index (χ2n) is 8.97. The summed E-state index contributed by atoms with van der Waals surface area (Å²) in [7, 11) is 0. The minimum atomic E-state index is -0.286. The van der Waals surface area contributed by atoms with E-state index in [9.17, 15) is 9.59 Å². The van der Waals surface area contributed by atoms with Crippen LogP contribution in [-0.4, -0.2) is 39.7 Å². The number of hydrogen-bond acceptors (Lipinski definition) is 2. The molecule has 2 amide bonds. The molecule has 3 aromatic carbocycles. The highest BCUT2D eigenvalue weighted by atomic mass is 16.2. The Morgan fingerprint density at radius 2 is 1.70 bits per heavy atom. The minimum Gasteiger partial charge on any atom is -0.358 e. The SMILES string of the molecule is Cc1[nH]c2ccccc2c1[C@H]1c2ccccc2C(=O)N1CC(=O)N1CCc2ccccc2C1. The summed E-state index contributed by atoms with van der Waals surface area (Å²) >= 11 is 0. The Kier molecular flexibility index (Phi) is 4.57. The number of benzene rings is 3. The first-order valence-corrected chi connectivity index (χ1v) is 11.4. The number of hydrogen-bond donors (Lipinski definition) is 1. The highest BCUT2D eigenvalue weighted by Crippen LogP contribution is 2.42. The third-order valence-electron chi connectivity index (χ3n) is 7.06. The number of fused-ring (bicyclic) bond motifs is 3. The molecule has 1 atom stereocenters. The van der Waals surface area contributed by atoms with Gasteiger partial charge in [0.25, 0.3) is 5.91 Å². The van der Waals surface area contributed by atoms with Crippen molar-refractivity contribution in [3.63, 3.8) is 0 Å². The van der Waals surface area contributed by atoms with E-state index in [1.807, 2.05) is 60.4 Å². The van der Waals surface area contributed by atoms with Crippen molar-refractivity contribution in [1.82, 2.24) is 14.8 Å².